The number of hydrogen-bond acceptors (Lipinski definition) is 5. The quantitative estimate of drug-likeness (QED) is 0.344. The van der Waals surface area contributed by atoms with Gasteiger partial charge in [-0.2, -0.15) is 0 Å². The number of aldehydes is 1. The fourth-order valence-electron chi connectivity index (χ4n) is 4.85. The third kappa shape index (κ3) is 3.70. The maximum absolute atomic E-state index is 12.1. The van der Waals surface area contributed by atoms with Gasteiger partial charge in [0.15, 0.2) is 7.11 Å². The normalized spacial score (nSPS) is 19.7. The van der Waals surface area contributed by atoms with Crippen molar-refractivity contribution in [2.45, 2.75) is 37.8 Å². The molecule has 30 heavy (non-hydrogen) atoms. The third-order valence-corrected chi connectivity index (χ3v) is 6.64. The fourth-order valence-corrected chi connectivity index (χ4v) is 5.04. The van der Waals surface area contributed by atoms with Crippen molar-refractivity contribution in [2.75, 3.05) is 32.1 Å². The van der Waals surface area contributed by atoms with E-state index in [1.54, 1.807) is 6.07 Å². The molecule has 0 saturated heterocycles. The zero-order chi connectivity index (χ0) is 21.3. The first-order chi connectivity index (χ1) is 14.5. The Balaban J connectivity index is 1.72. The molecule has 2 unspecified atom stereocenters. The number of benzene rings is 2. The van der Waals surface area contributed by atoms with E-state index >= 15 is 0 Å². The van der Waals surface area contributed by atoms with Crippen LogP contribution in [-0.4, -0.2) is 43.4 Å². The molecule has 2 aromatic carbocycles. The summed E-state index contributed by atoms with van der Waals surface area (Å²) in [5, 5.41) is 0.372. The average Bonchev–Trinajstić information content (AvgIpc) is 3.20. The van der Waals surface area contributed by atoms with E-state index in [-0.39, 0.29) is 12.1 Å². The summed E-state index contributed by atoms with van der Waals surface area (Å²) < 4.78 is 0. The SMILES string of the molecule is CO[N+](=O)c1cc(C2CC(N(C)CCCC=O)c3cccc4c3N2CC4)ccc1Cl. The van der Waals surface area contributed by atoms with E-state index in [9.17, 15) is 9.70 Å². The van der Waals surface area contributed by atoms with E-state index in [4.69, 9.17) is 16.4 Å². The van der Waals surface area contributed by atoms with Gasteiger partial charge in [-0.25, -0.2) is 4.84 Å². The highest BCUT2D eigenvalue weighted by atomic mass is 35.5. The molecular formula is C23H27ClN3O3+. The third-order valence-electron chi connectivity index (χ3n) is 6.32. The lowest BCUT2D eigenvalue weighted by atomic mass is 9.86. The van der Waals surface area contributed by atoms with Gasteiger partial charge >= 0.3 is 5.69 Å². The molecule has 6 nitrogen and oxygen atoms in total. The summed E-state index contributed by atoms with van der Waals surface area (Å²) in [4.78, 5) is 33.0. The predicted octanol–water partition coefficient (Wildman–Crippen LogP) is 4.77. The number of unbranched alkanes of at least 4 members (excludes halogenated alkanes) is 1. The van der Waals surface area contributed by atoms with E-state index in [1.807, 2.05) is 12.1 Å². The second-order valence-electron chi connectivity index (χ2n) is 8.01. The highest BCUT2D eigenvalue weighted by Gasteiger charge is 2.39. The number of anilines is 1. The molecule has 0 bridgehead atoms. The molecule has 0 saturated carbocycles. The molecule has 0 spiro atoms. The first-order valence-corrected chi connectivity index (χ1v) is 10.8. The van der Waals surface area contributed by atoms with E-state index in [0.29, 0.717) is 22.1 Å². The zero-order valence-electron chi connectivity index (χ0n) is 17.4. The Morgan fingerprint density at radius 3 is 2.93 bits per heavy atom. The van der Waals surface area contributed by atoms with Gasteiger partial charge in [0.25, 0.3) is 4.92 Å². The summed E-state index contributed by atoms with van der Waals surface area (Å²) in [5.41, 5.74) is 5.43. The number of hydrogen-bond donors (Lipinski definition) is 0. The molecule has 158 valence electrons. The molecule has 4 rings (SSSR count). The monoisotopic (exact) mass is 428 g/mol. The smallest absolute Gasteiger partial charge is 0.335 e. The Kier molecular flexibility index (Phi) is 6.06. The Labute approximate surface area is 181 Å². The number of carbonyl (C=O) groups is 1. The minimum atomic E-state index is 0.140. The van der Waals surface area contributed by atoms with Gasteiger partial charge in [0.1, 0.15) is 11.3 Å². The van der Waals surface area contributed by atoms with Gasteiger partial charge in [0.2, 0.25) is 0 Å². The molecule has 0 radical (unpaired) electrons. The van der Waals surface area contributed by atoms with Gasteiger partial charge in [0, 0.05) is 30.8 Å². The highest BCUT2D eigenvalue weighted by Crippen LogP contribution is 2.50. The lowest BCUT2D eigenvalue weighted by molar-refractivity contribution is -0.736. The van der Waals surface area contributed by atoms with Crippen LogP contribution in [0.4, 0.5) is 11.4 Å². The van der Waals surface area contributed by atoms with Crippen LogP contribution in [0.25, 0.3) is 0 Å². The molecule has 2 heterocycles. The van der Waals surface area contributed by atoms with Crippen molar-refractivity contribution in [1.82, 2.24) is 4.90 Å². The van der Waals surface area contributed by atoms with Crippen molar-refractivity contribution in [2.24, 2.45) is 0 Å². The van der Waals surface area contributed by atoms with Crippen LogP contribution in [-0.2, 0) is 16.1 Å². The minimum absolute atomic E-state index is 0.140. The molecule has 7 heteroatoms. The van der Waals surface area contributed by atoms with Crippen LogP contribution in [0.1, 0.15) is 48.0 Å². The van der Waals surface area contributed by atoms with Crippen molar-refractivity contribution < 1.29 is 14.6 Å². The van der Waals surface area contributed by atoms with Crippen LogP contribution >= 0.6 is 11.6 Å². The van der Waals surface area contributed by atoms with Crippen molar-refractivity contribution in [3.05, 3.63) is 63.0 Å². The molecule has 0 N–H and O–H groups in total. The molecular weight excluding hydrogens is 402 g/mol. The maximum Gasteiger partial charge on any atom is 0.335 e. The van der Waals surface area contributed by atoms with Gasteiger partial charge in [-0.05, 0) is 55.6 Å². The molecule has 0 aromatic heterocycles. The lowest BCUT2D eigenvalue weighted by Gasteiger charge is -2.43. The first-order valence-electron chi connectivity index (χ1n) is 10.4. The van der Waals surface area contributed by atoms with E-state index in [0.717, 1.165) is 44.2 Å². The van der Waals surface area contributed by atoms with Crippen molar-refractivity contribution in [3.63, 3.8) is 0 Å². The standard InChI is InChI=1S/C23H27ClN3O3/c1-25(11-3-4-13-28)21-15-20(17-8-9-19(24)22(14-17)27(29)30-2)26-12-10-16-6-5-7-18(21)23(16)26/h5-9,13-14,20-21H,3-4,10-12,15H2,1-2H3/q+1. The average molecular weight is 429 g/mol. The predicted molar refractivity (Wildman–Crippen MR) is 117 cm³/mol. The molecule has 2 aliphatic heterocycles. The van der Waals surface area contributed by atoms with Gasteiger partial charge in [-0.3, -0.25) is 4.90 Å². The van der Waals surface area contributed by atoms with Gasteiger partial charge in [-0.1, -0.05) is 35.9 Å². The van der Waals surface area contributed by atoms with Crippen LogP contribution < -0.4 is 4.90 Å². The van der Waals surface area contributed by atoms with Crippen LogP contribution in [0.3, 0.4) is 0 Å². The second kappa shape index (κ2) is 8.74. The van der Waals surface area contributed by atoms with E-state index < -0.39 is 0 Å². The van der Waals surface area contributed by atoms with Crippen molar-refractivity contribution in [3.8, 4) is 0 Å². The summed E-state index contributed by atoms with van der Waals surface area (Å²) >= 11 is 6.25. The summed E-state index contributed by atoms with van der Waals surface area (Å²) in [5.74, 6) is 0. The molecule has 0 amide bonds. The molecule has 0 fully saturated rings. The number of para-hydroxylation sites is 1. The second-order valence-corrected chi connectivity index (χ2v) is 8.41. The summed E-state index contributed by atoms with van der Waals surface area (Å²) in [6.45, 7) is 1.82. The number of nitrogens with zero attached hydrogens (tertiary/aromatic N) is 3. The molecule has 2 aliphatic rings. The lowest BCUT2D eigenvalue weighted by Crippen LogP contribution is -2.38. The summed E-state index contributed by atoms with van der Waals surface area (Å²) in [6.07, 6.45) is 4.34. The first kappa shape index (κ1) is 20.8. The maximum atomic E-state index is 12.1. The Hall–Kier alpha value is -2.44. The van der Waals surface area contributed by atoms with Crippen LogP contribution in [0, 0.1) is 4.91 Å². The Morgan fingerprint density at radius 1 is 1.33 bits per heavy atom. The molecule has 2 atom stereocenters. The van der Waals surface area contributed by atoms with E-state index in [1.165, 1.54) is 23.9 Å². The number of carbonyl (C=O) groups excluding carboxylic acids is 1. The Morgan fingerprint density at radius 2 is 2.17 bits per heavy atom. The molecule has 2 aromatic rings. The van der Waals surface area contributed by atoms with Crippen molar-refractivity contribution in [1.29, 1.82) is 0 Å². The van der Waals surface area contributed by atoms with Gasteiger partial charge in [-0.15, -0.1) is 0 Å². The van der Waals surface area contributed by atoms with Crippen LogP contribution in [0.2, 0.25) is 5.02 Å². The Bertz CT molecular complexity index is 965. The fraction of sp³-hybridized carbons (Fsp3) is 0.435. The zero-order valence-corrected chi connectivity index (χ0v) is 18.1. The highest BCUT2D eigenvalue weighted by molar-refractivity contribution is 6.32. The minimum Gasteiger partial charge on any atom is -0.364 e. The topological polar surface area (TPSA) is 52.9 Å². The van der Waals surface area contributed by atoms with Crippen LogP contribution in [0.15, 0.2) is 36.4 Å². The largest absolute Gasteiger partial charge is 0.364 e. The van der Waals surface area contributed by atoms with Gasteiger partial charge in [0.05, 0.1) is 10.9 Å². The van der Waals surface area contributed by atoms with E-state index in [2.05, 4.69) is 35.0 Å². The number of halogens is 1. The van der Waals surface area contributed by atoms with Gasteiger partial charge < -0.3 is 9.69 Å². The number of rotatable bonds is 8. The summed E-state index contributed by atoms with van der Waals surface area (Å²) in [7, 11) is 3.47. The van der Waals surface area contributed by atoms with Crippen LogP contribution in [0.5, 0.6) is 0 Å². The van der Waals surface area contributed by atoms with Crippen molar-refractivity contribution >= 4 is 29.3 Å². The summed E-state index contributed by atoms with van der Waals surface area (Å²) in [6, 6.07) is 12.6. The molecule has 0 aliphatic carbocycles.